The molecule has 0 aromatic carbocycles. The molecule has 2 saturated carbocycles. The maximum atomic E-state index is 10.5. The van der Waals surface area contributed by atoms with Crippen LogP contribution < -0.4 is 4.90 Å². The van der Waals surface area contributed by atoms with E-state index < -0.39 is 0 Å². The molecule has 4 fully saturated rings. The summed E-state index contributed by atoms with van der Waals surface area (Å²) < 4.78 is 17.2. The number of hydrogen-bond acceptors (Lipinski definition) is 4. The zero-order chi connectivity index (χ0) is 17.6. The summed E-state index contributed by atoms with van der Waals surface area (Å²) in [6.45, 7) is 2.50. The summed E-state index contributed by atoms with van der Waals surface area (Å²) in [6.07, 6.45) is 7.26. The fourth-order valence-electron chi connectivity index (χ4n) is 6.87. The maximum absolute atomic E-state index is 10.5. The minimum Gasteiger partial charge on any atom is -0.390 e. The molecule has 2 saturated heterocycles. The third kappa shape index (κ3) is 3.16. The summed E-state index contributed by atoms with van der Waals surface area (Å²) in [5, 5.41) is 10.5. The smallest absolute Gasteiger partial charge is 0.0917 e. The molecule has 144 valence electrons. The molecule has 0 aromatic rings. The van der Waals surface area contributed by atoms with E-state index in [2.05, 4.69) is 0 Å². The number of aliphatic hydroxyl groups is 1. The quantitative estimate of drug-likeness (QED) is 0.775. The molecule has 4 rings (SSSR count). The van der Waals surface area contributed by atoms with Gasteiger partial charge in [0.2, 0.25) is 0 Å². The van der Waals surface area contributed by atoms with Crippen molar-refractivity contribution in [3.63, 3.8) is 0 Å². The van der Waals surface area contributed by atoms with E-state index in [-0.39, 0.29) is 24.4 Å². The van der Waals surface area contributed by atoms with Crippen LogP contribution in [0.1, 0.15) is 38.5 Å². The van der Waals surface area contributed by atoms with Crippen LogP contribution in [0, 0.1) is 23.7 Å². The largest absolute Gasteiger partial charge is 0.390 e. The SMILES string of the molecule is COC1CC2CC[NH+]3CC4C(CCC(OC)C4OC)CC3C2CC1O. The first-order chi connectivity index (χ1) is 12.2. The lowest BCUT2D eigenvalue weighted by Crippen LogP contribution is -3.20. The average Bonchev–Trinajstić information content (AvgIpc) is 2.65. The van der Waals surface area contributed by atoms with Crippen LogP contribution in [0.25, 0.3) is 0 Å². The van der Waals surface area contributed by atoms with Gasteiger partial charge in [-0.3, -0.25) is 0 Å². The van der Waals surface area contributed by atoms with Crippen molar-refractivity contribution in [2.24, 2.45) is 23.7 Å². The van der Waals surface area contributed by atoms with Crippen molar-refractivity contribution < 1.29 is 24.2 Å². The van der Waals surface area contributed by atoms with Crippen LogP contribution in [0.2, 0.25) is 0 Å². The highest BCUT2D eigenvalue weighted by Crippen LogP contribution is 2.43. The Morgan fingerprint density at radius 1 is 0.800 bits per heavy atom. The standard InChI is InChI=1S/C20H35NO4/c1-23-18-5-4-12-8-16-14-10-17(22)19(24-2)9-13(14)6-7-21(16)11-15(12)20(18)25-3/h12-20,22H,4-11H2,1-3H3/p+1. The van der Waals surface area contributed by atoms with Gasteiger partial charge in [-0.2, -0.15) is 0 Å². The molecule has 2 aliphatic heterocycles. The number of hydrogen-bond donors (Lipinski definition) is 2. The van der Waals surface area contributed by atoms with Crippen LogP contribution in [0.15, 0.2) is 0 Å². The first-order valence-corrected chi connectivity index (χ1v) is 10.3. The van der Waals surface area contributed by atoms with Crippen molar-refractivity contribution in [3.05, 3.63) is 0 Å². The Hall–Kier alpha value is -0.200. The number of rotatable bonds is 3. The summed E-state index contributed by atoms with van der Waals surface area (Å²) in [5.74, 6) is 2.81. The van der Waals surface area contributed by atoms with E-state index in [1.54, 1.807) is 12.0 Å². The molecule has 2 N–H and O–H groups in total. The van der Waals surface area contributed by atoms with E-state index in [1.807, 2.05) is 14.2 Å². The van der Waals surface area contributed by atoms with Crippen LogP contribution in [0.5, 0.6) is 0 Å². The van der Waals surface area contributed by atoms with Crippen molar-refractivity contribution >= 4 is 0 Å². The molecule has 2 aliphatic carbocycles. The van der Waals surface area contributed by atoms with Crippen molar-refractivity contribution in [2.45, 2.75) is 69.0 Å². The first-order valence-electron chi connectivity index (χ1n) is 10.3. The highest BCUT2D eigenvalue weighted by molar-refractivity contribution is 4.97. The molecule has 2 heterocycles. The van der Waals surface area contributed by atoms with Gasteiger partial charge in [-0.05, 0) is 43.9 Å². The number of nitrogens with one attached hydrogen (secondary N) is 1. The number of methoxy groups -OCH3 is 3. The number of piperidine rings is 2. The second kappa shape index (κ2) is 7.43. The molecule has 5 nitrogen and oxygen atoms in total. The number of aliphatic hydroxyl groups excluding tert-OH is 1. The van der Waals surface area contributed by atoms with Gasteiger partial charge in [0.15, 0.2) is 0 Å². The Balaban J connectivity index is 1.49. The van der Waals surface area contributed by atoms with E-state index in [4.69, 9.17) is 14.2 Å². The lowest BCUT2D eigenvalue weighted by atomic mass is 9.62. The lowest BCUT2D eigenvalue weighted by molar-refractivity contribution is -0.948. The van der Waals surface area contributed by atoms with Gasteiger partial charge in [-0.1, -0.05) is 0 Å². The monoisotopic (exact) mass is 354 g/mol. The highest BCUT2D eigenvalue weighted by Gasteiger charge is 2.54. The first kappa shape index (κ1) is 18.2. The number of fused-ring (bicyclic) bond motifs is 4. The van der Waals surface area contributed by atoms with Gasteiger partial charge in [0, 0.05) is 39.6 Å². The molecule has 0 radical (unpaired) electrons. The van der Waals surface area contributed by atoms with E-state index >= 15 is 0 Å². The zero-order valence-electron chi connectivity index (χ0n) is 16.0. The lowest BCUT2D eigenvalue weighted by Gasteiger charge is -2.55. The fraction of sp³-hybridized carbons (Fsp3) is 1.00. The van der Waals surface area contributed by atoms with Gasteiger partial charge in [-0.25, -0.2) is 0 Å². The third-order valence-corrected chi connectivity index (χ3v) is 8.11. The average molecular weight is 355 g/mol. The maximum Gasteiger partial charge on any atom is 0.0917 e. The Bertz CT molecular complexity index is 461. The molecular weight excluding hydrogens is 318 g/mol. The molecule has 0 aromatic heterocycles. The number of quaternary nitrogens is 1. The number of ether oxygens (including phenoxy) is 3. The van der Waals surface area contributed by atoms with E-state index in [0.717, 1.165) is 37.1 Å². The summed E-state index contributed by atoms with van der Waals surface area (Å²) in [6, 6.07) is 0.726. The van der Waals surface area contributed by atoms with Crippen LogP contribution in [-0.2, 0) is 14.2 Å². The van der Waals surface area contributed by atoms with Gasteiger partial charge < -0.3 is 24.2 Å². The summed E-state index contributed by atoms with van der Waals surface area (Å²) in [7, 11) is 5.44. The Kier molecular flexibility index (Phi) is 5.40. The summed E-state index contributed by atoms with van der Waals surface area (Å²) in [4.78, 5) is 1.77. The second-order valence-corrected chi connectivity index (χ2v) is 8.96. The van der Waals surface area contributed by atoms with Gasteiger partial charge in [-0.15, -0.1) is 0 Å². The van der Waals surface area contributed by atoms with Crippen molar-refractivity contribution in [1.29, 1.82) is 0 Å². The predicted molar refractivity (Wildman–Crippen MR) is 94.5 cm³/mol. The van der Waals surface area contributed by atoms with Crippen molar-refractivity contribution in [2.75, 3.05) is 34.4 Å². The highest BCUT2D eigenvalue weighted by atomic mass is 16.5. The molecule has 4 aliphatic rings. The van der Waals surface area contributed by atoms with Gasteiger partial charge in [0.05, 0.1) is 43.5 Å². The van der Waals surface area contributed by atoms with Crippen LogP contribution in [0.3, 0.4) is 0 Å². The van der Waals surface area contributed by atoms with E-state index in [1.165, 1.54) is 32.4 Å². The predicted octanol–water partition coefficient (Wildman–Crippen LogP) is 0.506. The fourth-order valence-corrected chi connectivity index (χ4v) is 6.87. The molecule has 0 spiro atoms. The Morgan fingerprint density at radius 3 is 2.28 bits per heavy atom. The Morgan fingerprint density at radius 2 is 1.56 bits per heavy atom. The van der Waals surface area contributed by atoms with Gasteiger partial charge in [0.1, 0.15) is 0 Å². The van der Waals surface area contributed by atoms with Crippen LogP contribution in [0.4, 0.5) is 0 Å². The topological polar surface area (TPSA) is 52.4 Å². The molecule has 5 heteroatoms. The van der Waals surface area contributed by atoms with Crippen molar-refractivity contribution in [3.8, 4) is 0 Å². The van der Waals surface area contributed by atoms with Crippen LogP contribution in [-0.4, -0.2) is 70.0 Å². The van der Waals surface area contributed by atoms with Gasteiger partial charge in [0.25, 0.3) is 0 Å². The van der Waals surface area contributed by atoms with E-state index in [0.29, 0.717) is 11.8 Å². The summed E-state index contributed by atoms with van der Waals surface area (Å²) in [5.41, 5.74) is 0. The zero-order valence-corrected chi connectivity index (χ0v) is 16.0. The molecular formula is C20H36NO4+. The van der Waals surface area contributed by atoms with E-state index in [9.17, 15) is 5.11 Å². The van der Waals surface area contributed by atoms with Crippen LogP contribution >= 0.6 is 0 Å². The third-order valence-electron chi connectivity index (χ3n) is 8.11. The minimum absolute atomic E-state index is 0.0501. The molecule has 25 heavy (non-hydrogen) atoms. The summed E-state index contributed by atoms with van der Waals surface area (Å²) >= 11 is 0. The minimum atomic E-state index is -0.278. The normalized spacial score (nSPS) is 52.8. The molecule has 0 bridgehead atoms. The second-order valence-electron chi connectivity index (χ2n) is 8.96. The molecule has 0 amide bonds. The Labute approximate surface area is 152 Å². The van der Waals surface area contributed by atoms with Gasteiger partial charge >= 0.3 is 0 Å². The van der Waals surface area contributed by atoms with Crippen molar-refractivity contribution in [1.82, 2.24) is 0 Å². The molecule has 10 unspecified atom stereocenters. The molecule has 10 atom stereocenters.